The van der Waals surface area contributed by atoms with Crippen LogP contribution < -0.4 is 5.73 Å². The fourth-order valence-corrected chi connectivity index (χ4v) is 1.29. The highest BCUT2D eigenvalue weighted by Gasteiger charge is 2.27. The van der Waals surface area contributed by atoms with Gasteiger partial charge in [-0.2, -0.15) is 13.2 Å². The Balaban J connectivity index is 2.27. The standard InChI is InChI=1S/C12H13F4NO3/c13-10-6-8(17)2-3-9(10)11(18)20-5-1-4-19-7-12(14,15)16/h2-3,6H,1,4-5,7,17H2. The summed E-state index contributed by atoms with van der Waals surface area (Å²) in [5.41, 5.74) is 5.20. The van der Waals surface area contributed by atoms with Gasteiger partial charge in [-0.15, -0.1) is 0 Å². The van der Waals surface area contributed by atoms with Crippen molar-refractivity contribution in [3.05, 3.63) is 29.6 Å². The Hall–Kier alpha value is -1.83. The quantitative estimate of drug-likeness (QED) is 0.379. The van der Waals surface area contributed by atoms with E-state index in [-0.39, 0.29) is 30.9 Å². The van der Waals surface area contributed by atoms with Gasteiger partial charge < -0.3 is 15.2 Å². The maximum absolute atomic E-state index is 13.3. The maximum Gasteiger partial charge on any atom is 0.411 e. The van der Waals surface area contributed by atoms with Gasteiger partial charge in [0.15, 0.2) is 0 Å². The van der Waals surface area contributed by atoms with E-state index in [2.05, 4.69) is 4.74 Å². The highest BCUT2D eigenvalue weighted by Crippen LogP contribution is 2.15. The molecule has 0 amide bonds. The van der Waals surface area contributed by atoms with Gasteiger partial charge in [-0.25, -0.2) is 9.18 Å². The van der Waals surface area contributed by atoms with Crippen molar-refractivity contribution >= 4 is 11.7 Å². The van der Waals surface area contributed by atoms with Gasteiger partial charge >= 0.3 is 12.1 Å². The summed E-state index contributed by atoms with van der Waals surface area (Å²) >= 11 is 0. The summed E-state index contributed by atoms with van der Waals surface area (Å²) in [7, 11) is 0. The van der Waals surface area contributed by atoms with E-state index in [0.29, 0.717) is 0 Å². The fourth-order valence-electron chi connectivity index (χ4n) is 1.29. The Morgan fingerprint density at radius 1 is 1.25 bits per heavy atom. The number of rotatable bonds is 6. The number of nitrogens with two attached hydrogens (primary N) is 1. The number of halogens is 4. The number of nitrogen functional groups attached to an aromatic ring is 1. The largest absolute Gasteiger partial charge is 0.462 e. The number of ether oxygens (including phenoxy) is 2. The topological polar surface area (TPSA) is 61.6 Å². The van der Waals surface area contributed by atoms with Gasteiger partial charge in [-0.05, 0) is 18.2 Å². The Morgan fingerprint density at radius 3 is 2.55 bits per heavy atom. The first-order valence-corrected chi connectivity index (χ1v) is 5.66. The van der Waals surface area contributed by atoms with Crippen molar-refractivity contribution in [2.75, 3.05) is 25.6 Å². The van der Waals surface area contributed by atoms with Gasteiger partial charge in [0, 0.05) is 12.1 Å². The van der Waals surface area contributed by atoms with E-state index < -0.39 is 24.6 Å². The third-order valence-corrected chi connectivity index (χ3v) is 2.14. The zero-order valence-corrected chi connectivity index (χ0v) is 10.4. The summed E-state index contributed by atoms with van der Waals surface area (Å²) < 4.78 is 57.5. The zero-order chi connectivity index (χ0) is 15.2. The second-order valence-corrected chi connectivity index (χ2v) is 3.90. The minimum absolute atomic E-state index is 0.0818. The number of hydrogen-bond donors (Lipinski definition) is 1. The smallest absolute Gasteiger partial charge is 0.411 e. The number of hydrogen-bond acceptors (Lipinski definition) is 4. The Kier molecular flexibility index (Phi) is 5.75. The van der Waals surface area contributed by atoms with Gasteiger partial charge in [0.25, 0.3) is 0 Å². The first-order valence-electron chi connectivity index (χ1n) is 5.66. The van der Waals surface area contributed by atoms with Gasteiger partial charge in [-0.1, -0.05) is 0 Å². The van der Waals surface area contributed by atoms with Crippen molar-refractivity contribution < 1.29 is 31.8 Å². The van der Waals surface area contributed by atoms with Crippen molar-refractivity contribution in [3.63, 3.8) is 0 Å². The maximum atomic E-state index is 13.3. The van der Waals surface area contributed by atoms with Crippen LogP contribution in [0.15, 0.2) is 18.2 Å². The van der Waals surface area contributed by atoms with E-state index in [0.717, 1.165) is 6.07 Å². The molecule has 0 unspecified atom stereocenters. The van der Waals surface area contributed by atoms with Crippen LogP contribution in [0, 0.1) is 5.82 Å². The molecule has 4 nitrogen and oxygen atoms in total. The average Bonchev–Trinajstić information content (AvgIpc) is 2.32. The number of anilines is 1. The zero-order valence-electron chi connectivity index (χ0n) is 10.4. The first-order chi connectivity index (χ1) is 9.29. The lowest BCUT2D eigenvalue weighted by molar-refractivity contribution is -0.174. The number of esters is 1. The Morgan fingerprint density at radius 2 is 1.95 bits per heavy atom. The van der Waals surface area contributed by atoms with Crippen LogP contribution in [0.5, 0.6) is 0 Å². The lowest BCUT2D eigenvalue weighted by Gasteiger charge is -2.08. The van der Waals surface area contributed by atoms with E-state index in [1.165, 1.54) is 12.1 Å². The molecule has 0 aliphatic rings. The van der Waals surface area contributed by atoms with E-state index in [1.54, 1.807) is 0 Å². The Labute approximate surface area is 112 Å². The predicted octanol–water partition coefficient (Wildman–Crippen LogP) is 2.53. The molecule has 1 aromatic carbocycles. The van der Waals surface area contributed by atoms with Gasteiger partial charge in [0.2, 0.25) is 0 Å². The second-order valence-electron chi connectivity index (χ2n) is 3.90. The molecule has 1 aromatic rings. The molecule has 0 fully saturated rings. The molecule has 20 heavy (non-hydrogen) atoms. The molecule has 0 heterocycles. The molecule has 112 valence electrons. The van der Waals surface area contributed by atoms with Crippen LogP contribution in [0.2, 0.25) is 0 Å². The van der Waals surface area contributed by atoms with Crippen molar-refractivity contribution in [1.29, 1.82) is 0 Å². The highest BCUT2D eigenvalue weighted by atomic mass is 19.4. The van der Waals surface area contributed by atoms with Crippen LogP contribution in [-0.2, 0) is 9.47 Å². The number of alkyl halides is 3. The molecule has 0 saturated carbocycles. The van der Waals surface area contributed by atoms with Crippen LogP contribution in [0.4, 0.5) is 23.2 Å². The second kappa shape index (κ2) is 7.09. The minimum Gasteiger partial charge on any atom is -0.462 e. The number of carbonyl (C=O) groups is 1. The van der Waals surface area contributed by atoms with Crippen molar-refractivity contribution in [3.8, 4) is 0 Å². The molecule has 0 spiro atoms. The molecule has 0 atom stereocenters. The normalized spacial score (nSPS) is 11.4. The molecular weight excluding hydrogens is 282 g/mol. The average molecular weight is 295 g/mol. The van der Waals surface area contributed by atoms with Crippen molar-refractivity contribution in [2.45, 2.75) is 12.6 Å². The van der Waals surface area contributed by atoms with Crippen LogP contribution in [0.1, 0.15) is 16.8 Å². The molecule has 0 saturated heterocycles. The van der Waals surface area contributed by atoms with Gasteiger partial charge in [0.1, 0.15) is 12.4 Å². The lowest BCUT2D eigenvalue weighted by atomic mass is 10.2. The van der Waals surface area contributed by atoms with E-state index in [9.17, 15) is 22.4 Å². The first kappa shape index (κ1) is 16.2. The predicted molar refractivity (Wildman–Crippen MR) is 62.6 cm³/mol. The molecule has 8 heteroatoms. The van der Waals surface area contributed by atoms with Crippen LogP contribution >= 0.6 is 0 Å². The van der Waals surface area contributed by atoms with E-state index in [1.807, 2.05) is 0 Å². The Bertz CT molecular complexity index is 463. The van der Waals surface area contributed by atoms with Crippen LogP contribution in [-0.4, -0.2) is 32.0 Å². The number of carbonyl (C=O) groups excluding carboxylic acids is 1. The lowest BCUT2D eigenvalue weighted by Crippen LogP contribution is -2.18. The van der Waals surface area contributed by atoms with Crippen molar-refractivity contribution in [2.24, 2.45) is 0 Å². The van der Waals surface area contributed by atoms with Crippen molar-refractivity contribution in [1.82, 2.24) is 0 Å². The molecule has 1 rings (SSSR count). The van der Waals surface area contributed by atoms with Crippen LogP contribution in [0.3, 0.4) is 0 Å². The summed E-state index contributed by atoms with van der Waals surface area (Å²) in [5, 5.41) is 0. The molecule has 0 aliphatic heterocycles. The number of benzene rings is 1. The molecule has 0 bridgehead atoms. The summed E-state index contributed by atoms with van der Waals surface area (Å²) in [6.45, 7) is -1.73. The van der Waals surface area contributed by atoms with Crippen LogP contribution in [0.25, 0.3) is 0 Å². The monoisotopic (exact) mass is 295 g/mol. The third kappa shape index (κ3) is 5.87. The molecular formula is C12H13F4NO3. The third-order valence-electron chi connectivity index (χ3n) is 2.14. The van der Waals surface area contributed by atoms with E-state index in [4.69, 9.17) is 10.5 Å². The molecule has 0 radical (unpaired) electrons. The summed E-state index contributed by atoms with van der Waals surface area (Å²) in [6, 6.07) is 3.49. The van der Waals surface area contributed by atoms with E-state index >= 15 is 0 Å². The fraction of sp³-hybridized carbons (Fsp3) is 0.417. The summed E-state index contributed by atoms with van der Waals surface area (Å²) in [6.07, 6.45) is -4.30. The van der Waals surface area contributed by atoms with Gasteiger partial charge in [-0.3, -0.25) is 0 Å². The highest BCUT2D eigenvalue weighted by molar-refractivity contribution is 5.90. The molecule has 2 N–H and O–H groups in total. The minimum atomic E-state index is -4.39. The summed E-state index contributed by atoms with van der Waals surface area (Å²) in [4.78, 5) is 11.4. The van der Waals surface area contributed by atoms with Gasteiger partial charge in [0.05, 0.1) is 18.8 Å². The SMILES string of the molecule is Nc1ccc(C(=O)OCCCOCC(F)(F)F)c(F)c1. The molecule has 0 aromatic heterocycles. The summed E-state index contributed by atoms with van der Waals surface area (Å²) in [5.74, 6) is -1.72. The molecule has 0 aliphatic carbocycles.